The van der Waals surface area contributed by atoms with Crippen LogP contribution in [0.15, 0.2) is 36.5 Å². The lowest BCUT2D eigenvalue weighted by atomic mass is 10.1. The number of anilines is 4. The van der Waals surface area contributed by atoms with Gasteiger partial charge in [0.05, 0.1) is 42.0 Å². The molecule has 184 valence electrons. The summed E-state index contributed by atoms with van der Waals surface area (Å²) in [6, 6.07) is 8.72. The fourth-order valence-electron chi connectivity index (χ4n) is 4.22. The molecule has 0 aliphatic rings. The highest BCUT2D eigenvalue weighted by Crippen LogP contribution is 2.36. The van der Waals surface area contributed by atoms with E-state index in [1.54, 1.807) is 31.5 Å². The topological polar surface area (TPSA) is 114 Å². The quantitative estimate of drug-likeness (QED) is 0.321. The number of rotatable bonds is 8. The lowest BCUT2D eigenvalue weighted by molar-refractivity contribution is 0.304. The predicted molar refractivity (Wildman–Crippen MR) is 137 cm³/mol. The largest absolute Gasteiger partial charge is 0.494 e. The highest BCUT2D eigenvalue weighted by atomic mass is 19.1. The van der Waals surface area contributed by atoms with Crippen molar-refractivity contribution in [1.82, 2.24) is 19.5 Å². The molecule has 0 fully saturated rings. The maximum absolute atomic E-state index is 15.0. The second-order valence-corrected chi connectivity index (χ2v) is 8.60. The van der Waals surface area contributed by atoms with Crippen LogP contribution in [0.5, 0.6) is 5.75 Å². The predicted octanol–water partition coefficient (Wildman–Crippen LogP) is 4.28. The van der Waals surface area contributed by atoms with Gasteiger partial charge in [0.15, 0.2) is 5.82 Å². The van der Waals surface area contributed by atoms with Gasteiger partial charge in [0.1, 0.15) is 17.1 Å². The highest BCUT2D eigenvalue weighted by Gasteiger charge is 2.17. The number of methoxy groups -OCH3 is 1. The van der Waals surface area contributed by atoms with Crippen LogP contribution in [0.3, 0.4) is 0 Å². The molecule has 0 radical (unpaired) electrons. The maximum Gasteiger partial charge on any atom is 0.227 e. The fourth-order valence-corrected chi connectivity index (χ4v) is 4.22. The molecule has 0 amide bonds. The highest BCUT2D eigenvalue weighted by molar-refractivity contribution is 5.83. The van der Waals surface area contributed by atoms with E-state index in [-0.39, 0.29) is 12.6 Å². The Balaban J connectivity index is 1.71. The van der Waals surface area contributed by atoms with Gasteiger partial charge in [-0.15, -0.1) is 0 Å². The number of nitrogens with two attached hydrogens (primary N) is 1. The molecule has 0 aliphatic carbocycles. The summed E-state index contributed by atoms with van der Waals surface area (Å²) in [7, 11) is 3.39. The number of hydrogen-bond acceptors (Lipinski definition) is 8. The van der Waals surface area contributed by atoms with Crippen LogP contribution in [0.1, 0.15) is 25.7 Å². The molecule has 0 bridgehead atoms. The van der Waals surface area contributed by atoms with E-state index in [0.29, 0.717) is 46.4 Å². The molecule has 9 nitrogen and oxygen atoms in total. The van der Waals surface area contributed by atoms with Gasteiger partial charge in [-0.2, -0.15) is 0 Å². The van der Waals surface area contributed by atoms with Gasteiger partial charge in [-0.1, -0.05) is 0 Å². The van der Waals surface area contributed by atoms with E-state index < -0.39 is 5.82 Å². The molecule has 4 N–H and O–H groups in total. The molecule has 2 heterocycles. The lowest BCUT2D eigenvalue weighted by Gasteiger charge is -2.22. The monoisotopic (exact) mass is 479 g/mol. The maximum atomic E-state index is 15.0. The van der Waals surface area contributed by atoms with Gasteiger partial charge >= 0.3 is 0 Å². The molecule has 2 aromatic heterocycles. The zero-order chi connectivity index (χ0) is 25.3. The second-order valence-electron chi connectivity index (χ2n) is 8.60. The number of halogens is 1. The number of aryl methyl sites for hydroxylation is 1. The smallest absolute Gasteiger partial charge is 0.227 e. The number of fused-ring (bicyclic) bond motifs is 1. The molecule has 0 aliphatic heterocycles. The first kappa shape index (κ1) is 24.2. The molecule has 0 saturated carbocycles. The Hall–Kier alpha value is -3.92. The first-order valence-corrected chi connectivity index (χ1v) is 11.3. The minimum Gasteiger partial charge on any atom is -0.494 e. The van der Waals surface area contributed by atoms with Crippen molar-refractivity contribution >= 4 is 34.0 Å². The van der Waals surface area contributed by atoms with Crippen LogP contribution in [0.2, 0.25) is 0 Å². The average molecular weight is 480 g/mol. The van der Waals surface area contributed by atoms with Crippen LogP contribution in [0, 0.1) is 12.7 Å². The van der Waals surface area contributed by atoms with E-state index >= 15 is 0 Å². The van der Waals surface area contributed by atoms with Crippen molar-refractivity contribution in [2.24, 2.45) is 0 Å². The van der Waals surface area contributed by atoms with Crippen molar-refractivity contribution in [1.29, 1.82) is 0 Å². The van der Waals surface area contributed by atoms with Gasteiger partial charge < -0.3 is 30.4 Å². The molecule has 0 spiro atoms. The van der Waals surface area contributed by atoms with Gasteiger partial charge in [0.25, 0.3) is 0 Å². The van der Waals surface area contributed by atoms with Crippen molar-refractivity contribution in [2.45, 2.75) is 26.8 Å². The molecule has 0 atom stereocenters. The molecular formula is C25H30FN7O2. The van der Waals surface area contributed by atoms with E-state index in [1.165, 1.54) is 6.07 Å². The van der Waals surface area contributed by atoms with Crippen LogP contribution in [-0.4, -0.2) is 51.9 Å². The SMILES string of the molecule is COc1cc(N(C)CCO)c(N)cc1Nc1nccc(-c2cc(F)c3nc(C)n(C(C)C)c3c2)n1. The molecule has 4 rings (SSSR count). The Labute approximate surface area is 203 Å². The van der Waals surface area contributed by atoms with Crippen molar-refractivity contribution in [3.05, 3.63) is 48.2 Å². The van der Waals surface area contributed by atoms with Crippen LogP contribution < -0.4 is 20.7 Å². The number of benzene rings is 2. The lowest BCUT2D eigenvalue weighted by Crippen LogP contribution is -2.22. The third-order valence-electron chi connectivity index (χ3n) is 5.83. The van der Waals surface area contributed by atoms with E-state index in [4.69, 9.17) is 10.5 Å². The van der Waals surface area contributed by atoms with Crippen molar-refractivity contribution < 1.29 is 14.2 Å². The summed E-state index contributed by atoms with van der Waals surface area (Å²) in [4.78, 5) is 15.2. The number of aliphatic hydroxyl groups excluding tert-OH is 1. The summed E-state index contributed by atoms with van der Waals surface area (Å²) in [6.07, 6.45) is 1.61. The first-order chi connectivity index (χ1) is 16.7. The van der Waals surface area contributed by atoms with Crippen molar-refractivity contribution in [3.8, 4) is 17.0 Å². The van der Waals surface area contributed by atoms with Gasteiger partial charge in [0, 0.05) is 37.5 Å². The van der Waals surface area contributed by atoms with E-state index in [0.717, 1.165) is 17.0 Å². The molecule has 2 aromatic carbocycles. The van der Waals surface area contributed by atoms with Crippen LogP contribution >= 0.6 is 0 Å². The third kappa shape index (κ3) is 4.69. The van der Waals surface area contributed by atoms with Crippen LogP contribution in [0.4, 0.5) is 27.4 Å². The number of hydrogen-bond donors (Lipinski definition) is 3. The zero-order valence-corrected chi connectivity index (χ0v) is 20.5. The standard InChI is InChI=1S/C25H30FN7O2/c1-14(2)33-15(3)29-24-17(26)10-16(11-22(24)33)19-6-7-28-25(30-19)31-20-12-18(27)21(13-23(20)35-5)32(4)8-9-34/h6-7,10-14,34H,8-9,27H2,1-5H3,(H,28,30,31). The number of aromatic nitrogens is 4. The number of nitrogens with zero attached hydrogens (tertiary/aromatic N) is 5. The number of aliphatic hydroxyl groups is 1. The fraction of sp³-hybridized carbons (Fsp3) is 0.320. The molecule has 4 aromatic rings. The van der Waals surface area contributed by atoms with E-state index in [2.05, 4.69) is 20.3 Å². The average Bonchev–Trinajstić information content (AvgIpc) is 3.16. The Morgan fingerprint density at radius 1 is 1.23 bits per heavy atom. The third-order valence-corrected chi connectivity index (χ3v) is 5.83. The van der Waals surface area contributed by atoms with Crippen LogP contribution in [0.25, 0.3) is 22.3 Å². The number of nitrogens with one attached hydrogen (secondary N) is 1. The van der Waals surface area contributed by atoms with Gasteiger partial charge in [-0.05, 0) is 45.0 Å². The summed E-state index contributed by atoms with van der Waals surface area (Å²) >= 11 is 0. The van der Waals surface area contributed by atoms with Crippen molar-refractivity contribution in [2.75, 3.05) is 43.3 Å². The second kappa shape index (κ2) is 9.75. The van der Waals surface area contributed by atoms with Gasteiger partial charge in [-0.3, -0.25) is 0 Å². The molecule has 0 saturated heterocycles. The summed E-state index contributed by atoms with van der Waals surface area (Å²) in [5.41, 5.74) is 10.3. The van der Waals surface area contributed by atoms with Crippen LogP contribution in [-0.2, 0) is 0 Å². The summed E-state index contributed by atoms with van der Waals surface area (Å²) in [6.45, 7) is 6.39. The minimum absolute atomic E-state index is 0.00278. The Morgan fingerprint density at radius 3 is 2.69 bits per heavy atom. The van der Waals surface area contributed by atoms with E-state index in [1.807, 2.05) is 43.4 Å². The normalized spacial score (nSPS) is 11.3. The Kier molecular flexibility index (Phi) is 6.74. The number of imidazole rings is 1. The molecule has 10 heteroatoms. The summed E-state index contributed by atoms with van der Waals surface area (Å²) in [5.74, 6) is 1.21. The molecule has 0 unspecified atom stereocenters. The number of likely N-dealkylation sites (N-methyl/N-ethyl adjacent to an activating group) is 1. The van der Waals surface area contributed by atoms with Gasteiger partial charge in [-0.25, -0.2) is 19.3 Å². The van der Waals surface area contributed by atoms with Gasteiger partial charge in [0.2, 0.25) is 5.95 Å². The Bertz CT molecular complexity index is 1370. The summed E-state index contributed by atoms with van der Waals surface area (Å²) < 4.78 is 22.5. The number of nitrogen functional groups attached to an aromatic ring is 1. The minimum atomic E-state index is -0.398. The first-order valence-electron chi connectivity index (χ1n) is 11.3. The Morgan fingerprint density at radius 2 is 2.00 bits per heavy atom. The molecular weight excluding hydrogens is 449 g/mol. The van der Waals surface area contributed by atoms with E-state index in [9.17, 15) is 9.50 Å². The van der Waals surface area contributed by atoms with Crippen molar-refractivity contribution in [3.63, 3.8) is 0 Å². The zero-order valence-electron chi connectivity index (χ0n) is 20.5. The number of ether oxygens (including phenoxy) is 1. The molecule has 35 heavy (non-hydrogen) atoms. The summed E-state index contributed by atoms with van der Waals surface area (Å²) in [5, 5.41) is 12.4.